The summed E-state index contributed by atoms with van der Waals surface area (Å²) in [6, 6.07) is 0. The maximum absolute atomic E-state index is 9.00. The van der Waals surface area contributed by atoms with Gasteiger partial charge in [-0.15, -0.1) is 0 Å². The zero-order valence-corrected chi connectivity index (χ0v) is 8.07. The van der Waals surface area contributed by atoms with Gasteiger partial charge in [-0.3, -0.25) is 14.4 Å². The minimum absolute atomic E-state index is 0. The van der Waals surface area contributed by atoms with Gasteiger partial charge in [-0.2, -0.15) is 0 Å². The molecule has 0 aliphatic carbocycles. The normalized spacial score (nSPS) is 5.77. The smallest absolute Gasteiger partial charge is 0.300 e. The lowest BCUT2D eigenvalue weighted by molar-refractivity contribution is -0.135. The fourth-order valence-corrected chi connectivity index (χ4v) is 0. The summed E-state index contributed by atoms with van der Waals surface area (Å²) in [5.74, 6) is -2.50. The van der Waals surface area contributed by atoms with Crippen LogP contribution in [0, 0.1) is 0 Å². The first-order valence-corrected chi connectivity index (χ1v) is 2.78. The molecule has 0 atom stereocenters. The van der Waals surface area contributed by atoms with E-state index in [0.717, 1.165) is 20.8 Å². The van der Waals surface area contributed by atoms with Crippen molar-refractivity contribution >= 4 is 17.9 Å². The van der Waals surface area contributed by atoms with Crippen LogP contribution in [0.2, 0.25) is 0 Å². The van der Waals surface area contributed by atoms with Gasteiger partial charge in [0.15, 0.2) is 0 Å². The van der Waals surface area contributed by atoms with Crippen molar-refractivity contribution in [3.8, 4) is 0 Å². The van der Waals surface area contributed by atoms with Crippen LogP contribution in [0.25, 0.3) is 0 Å². The highest BCUT2D eigenvalue weighted by molar-refractivity contribution is 5.63. The fourth-order valence-electron chi connectivity index (χ4n) is 0. The summed E-state index contributed by atoms with van der Waals surface area (Å²) in [4.78, 5) is 27.0. The molecule has 0 heterocycles. The predicted molar refractivity (Wildman–Crippen MR) is 45.9 cm³/mol. The third kappa shape index (κ3) is 273. The van der Waals surface area contributed by atoms with E-state index < -0.39 is 17.9 Å². The van der Waals surface area contributed by atoms with Gasteiger partial charge in [0.1, 0.15) is 0 Å². The highest BCUT2D eigenvalue weighted by atomic mass is 16.4. The number of carboxylic acids is 3. The molecule has 7 heteroatoms. The Bertz CT molecular complexity index is 115. The van der Waals surface area contributed by atoms with Crippen LogP contribution in [0.15, 0.2) is 0 Å². The Balaban J connectivity index is -0.0000000450. The summed E-state index contributed by atoms with van der Waals surface area (Å²) in [6.07, 6.45) is 0. The van der Waals surface area contributed by atoms with Crippen LogP contribution in [-0.4, -0.2) is 33.2 Å². The van der Waals surface area contributed by atoms with Gasteiger partial charge in [-0.1, -0.05) is 0 Å². The molecule has 0 saturated carbocycles. The zero-order valence-electron chi connectivity index (χ0n) is 8.07. The van der Waals surface area contributed by atoms with Gasteiger partial charge in [-0.05, 0) is 0 Å². The van der Waals surface area contributed by atoms with Gasteiger partial charge in [0.2, 0.25) is 0 Å². The van der Waals surface area contributed by atoms with Gasteiger partial charge >= 0.3 is 0 Å². The van der Waals surface area contributed by atoms with E-state index in [1.54, 1.807) is 0 Å². The largest absolute Gasteiger partial charge is 0.481 e. The van der Waals surface area contributed by atoms with Crippen LogP contribution in [0.5, 0.6) is 0 Å². The quantitative estimate of drug-likeness (QED) is 0.449. The van der Waals surface area contributed by atoms with E-state index in [9.17, 15) is 0 Å². The topological polar surface area (TPSA) is 148 Å². The first kappa shape index (κ1) is 22.5. The van der Waals surface area contributed by atoms with Crippen molar-refractivity contribution in [3.63, 3.8) is 0 Å². The number of hydrogen-bond donors (Lipinski definition) is 4. The van der Waals surface area contributed by atoms with Crippen molar-refractivity contribution in [1.82, 2.24) is 6.15 Å². The van der Waals surface area contributed by atoms with Crippen LogP contribution in [0.1, 0.15) is 20.8 Å². The van der Waals surface area contributed by atoms with Crippen molar-refractivity contribution in [2.45, 2.75) is 20.8 Å². The molecule has 0 spiro atoms. The summed E-state index contributed by atoms with van der Waals surface area (Å²) in [7, 11) is 0. The summed E-state index contributed by atoms with van der Waals surface area (Å²) >= 11 is 0. The van der Waals surface area contributed by atoms with E-state index in [4.69, 9.17) is 29.7 Å². The average molecular weight is 198 g/mol. The molecule has 0 aliphatic rings. The number of rotatable bonds is 0. The molecule has 0 bridgehead atoms. The number of carboxylic acid groups (broad SMARTS) is 3. The zero-order chi connectivity index (χ0) is 10.7. The summed E-state index contributed by atoms with van der Waals surface area (Å²) in [5.41, 5.74) is 0. The molecule has 80 valence electrons. The molecule has 0 aromatic carbocycles. The maximum atomic E-state index is 9.00. The molecule has 0 fully saturated rings. The van der Waals surface area contributed by atoms with Crippen LogP contribution >= 0.6 is 0 Å². The number of quaternary nitrogens is 1. The molecule has 0 amide bonds. The first-order chi connectivity index (χ1) is 5.20. The molecule has 7 N–H and O–H groups in total. The monoisotopic (exact) mass is 198 g/mol. The number of carbonyl (C=O) groups is 3. The summed E-state index contributed by atoms with van der Waals surface area (Å²) < 4.78 is 0. The van der Waals surface area contributed by atoms with E-state index >= 15 is 0 Å². The van der Waals surface area contributed by atoms with E-state index in [0.29, 0.717) is 0 Å². The van der Waals surface area contributed by atoms with Crippen LogP contribution < -0.4 is 6.15 Å². The molecular formula is C6H16NO6+. The third-order valence-electron chi connectivity index (χ3n) is 0. The second kappa shape index (κ2) is 16.8. The van der Waals surface area contributed by atoms with Gasteiger partial charge in [0.05, 0.1) is 0 Å². The second-order valence-corrected chi connectivity index (χ2v) is 1.56. The molecular weight excluding hydrogens is 182 g/mol. The molecule has 0 aliphatic heterocycles. The van der Waals surface area contributed by atoms with Gasteiger partial charge in [0, 0.05) is 20.8 Å². The summed E-state index contributed by atoms with van der Waals surface area (Å²) in [5, 5.41) is 22.2. The highest BCUT2D eigenvalue weighted by Gasteiger charge is 1.66. The van der Waals surface area contributed by atoms with E-state index in [-0.39, 0.29) is 6.15 Å². The van der Waals surface area contributed by atoms with E-state index in [1.807, 2.05) is 0 Å². The Hall–Kier alpha value is -1.63. The lowest BCUT2D eigenvalue weighted by Crippen LogP contribution is -1.78. The first-order valence-electron chi connectivity index (χ1n) is 2.78. The second-order valence-electron chi connectivity index (χ2n) is 1.56. The standard InChI is InChI=1S/3C2H4O2.H3N/c3*1-2(3)4;/h3*1H3,(H,3,4);1H3/p+1. The number of aliphatic carboxylic acids is 3. The van der Waals surface area contributed by atoms with Crippen LogP contribution in [0.4, 0.5) is 0 Å². The molecule has 13 heavy (non-hydrogen) atoms. The Morgan fingerprint density at radius 3 is 0.692 bits per heavy atom. The van der Waals surface area contributed by atoms with Crippen LogP contribution in [-0.2, 0) is 14.4 Å². The average Bonchev–Trinajstić information content (AvgIpc) is 1.54. The van der Waals surface area contributed by atoms with Crippen LogP contribution in [0.3, 0.4) is 0 Å². The van der Waals surface area contributed by atoms with E-state index in [2.05, 4.69) is 0 Å². The predicted octanol–water partition coefficient (Wildman–Crippen LogP) is 0.649. The van der Waals surface area contributed by atoms with Gasteiger partial charge in [-0.25, -0.2) is 0 Å². The van der Waals surface area contributed by atoms with Crippen molar-refractivity contribution < 1.29 is 29.7 Å². The van der Waals surface area contributed by atoms with Crippen molar-refractivity contribution in [1.29, 1.82) is 0 Å². The summed E-state index contributed by atoms with van der Waals surface area (Å²) in [6.45, 7) is 3.25. The van der Waals surface area contributed by atoms with E-state index in [1.165, 1.54) is 0 Å². The lowest BCUT2D eigenvalue weighted by Gasteiger charge is -1.59. The minimum atomic E-state index is -0.833. The molecule has 0 saturated heterocycles. The Kier molecular flexibility index (Phi) is 29.0. The Morgan fingerprint density at radius 1 is 0.692 bits per heavy atom. The molecule has 0 unspecified atom stereocenters. The van der Waals surface area contributed by atoms with Gasteiger partial charge in [0.25, 0.3) is 17.9 Å². The minimum Gasteiger partial charge on any atom is -0.481 e. The Labute approximate surface area is 75.6 Å². The Morgan fingerprint density at radius 2 is 0.692 bits per heavy atom. The lowest BCUT2D eigenvalue weighted by atomic mass is 10.9. The van der Waals surface area contributed by atoms with Gasteiger partial charge < -0.3 is 21.5 Å². The van der Waals surface area contributed by atoms with Crippen molar-refractivity contribution in [3.05, 3.63) is 0 Å². The molecule has 0 aromatic heterocycles. The fraction of sp³-hybridized carbons (Fsp3) is 0.500. The highest BCUT2D eigenvalue weighted by Crippen LogP contribution is 1.42. The molecule has 0 rings (SSSR count). The number of hydrogen-bond acceptors (Lipinski definition) is 3. The SMILES string of the molecule is CC(=O)O.CC(=O)O.CC(=O)O.[NH4+]. The maximum Gasteiger partial charge on any atom is 0.300 e. The molecule has 7 nitrogen and oxygen atoms in total. The van der Waals surface area contributed by atoms with Crippen molar-refractivity contribution in [2.75, 3.05) is 0 Å². The third-order valence-corrected chi connectivity index (χ3v) is 0. The molecule has 0 aromatic rings. The van der Waals surface area contributed by atoms with Crippen molar-refractivity contribution in [2.24, 2.45) is 0 Å². The molecule has 0 radical (unpaired) electrons.